The minimum absolute atomic E-state index is 0.0755. The van der Waals surface area contributed by atoms with E-state index >= 15 is 0 Å². The Bertz CT molecular complexity index is 900. The van der Waals surface area contributed by atoms with Crippen LogP contribution in [-0.2, 0) is 27.2 Å². The Kier molecular flexibility index (Phi) is 9.22. The zero-order chi connectivity index (χ0) is 23.7. The summed E-state index contributed by atoms with van der Waals surface area (Å²) < 4.78 is 0. The van der Waals surface area contributed by atoms with Crippen LogP contribution in [0.15, 0.2) is 54.6 Å². The van der Waals surface area contributed by atoms with Gasteiger partial charge in [0.25, 0.3) is 0 Å². The lowest BCUT2D eigenvalue weighted by molar-refractivity contribution is -0.142. The van der Waals surface area contributed by atoms with Crippen molar-refractivity contribution in [2.24, 2.45) is 11.7 Å². The molecule has 8 nitrogen and oxygen atoms in total. The normalized spacial score (nSPS) is 13.8. The molecule has 0 saturated carbocycles. The summed E-state index contributed by atoms with van der Waals surface area (Å²) in [6, 6.07) is 12.2. The number of rotatable bonds is 11. The predicted molar refractivity (Wildman–Crippen MR) is 121 cm³/mol. The molecule has 0 spiro atoms. The number of aliphatic carboxylic acids is 1. The van der Waals surface area contributed by atoms with E-state index in [0.29, 0.717) is 12.0 Å². The van der Waals surface area contributed by atoms with E-state index in [-0.39, 0.29) is 24.5 Å². The van der Waals surface area contributed by atoms with Gasteiger partial charge in [-0.25, -0.2) is 4.79 Å². The number of carbonyl (C=O) groups excluding carboxylic acids is 2. The Morgan fingerprint density at radius 3 is 1.94 bits per heavy atom. The number of aromatic hydroxyl groups is 1. The van der Waals surface area contributed by atoms with E-state index in [1.54, 1.807) is 36.4 Å². The molecule has 8 heteroatoms. The molecule has 0 saturated heterocycles. The van der Waals surface area contributed by atoms with Gasteiger partial charge in [0.05, 0.1) is 6.04 Å². The van der Waals surface area contributed by atoms with Crippen LogP contribution >= 0.6 is 0 Å². The molecule has 0 fully saturated rings. The van der Waals surface area contributed by atoms with E-state index in [2.05, 4.69) is 10.6 Å². The maximum atomic E-state index is 13.0. The second-order valence-electron chi connectivity index (χ2n) is 8.26. The molecule has 32 heavy (non-hydrogen) atoms. The monoisotopic (exact) mass is 441 g/mol. The van der Waals surface area contributed by atoms with Crippen molar-refractivity contribution in [3.8, 4) is 5.75 Å². The van der Waals surface area contributed by atoms with Crippen LogP contribution in [-0.4, -0.2) is 46.1 Å². The van der Waals surface area contributed by atoms with Crippen LogP contribution in [0.25, 0.3) is 0 Å². The maximum Gasteiger partial charge on any atom is 0.326 e. The van der Waals surface area contributed by atoms with Gasteiger partial charge in [0.1, 0.15) is 17.8 Å². The molecule has 2 rings (SSSR count). The Balaban J connectivity index is 2.17. The number of carboxylic acids is 1. The molecular formula is C24H31N3O5. The van der Waals surface area contributed by atoms with Gasteiger partial charge in [-0.1, -0.05) is 56.3 Å². The first-order valence-electron chi connectivity index (χ1n) is 10.6. The summed E-state index contributed by atoms with van der Waals surface area (Å²) in [6.07, 6.45) is 0.670. The summed E-state index contributed by atoms with van der Waals surface area (Å²) in [4.78, 5) is 37.4. The van der Waals surface area contributed by atoms with Gasteiger partial charge in [-0.3, -0.25) is 9.59 Å². The lowest BCUT2D eigenvalue weighted by atomic mass is 10.0. The minimum Gasteiger partial charge on any atom is -0.508 e. The maximum absolute atomic E-state index is 13.0. The minimum atomic E-state index is -1.17. The molecule has 0 aliphatic carbocycles. The third-order valence-electron chi connectivity index (χ3n) is 4.97. The number of amides is 2. The highest BCUT2D eigenvalue weighted by Crippen LogP contribution is 2.12. The fourth-order valence-electron chi connectivity index (χ4n) is 3.29. The summed E-state index contributed by atoms with van der Waals surface area (Å²) in [5.74, 6) is -2.00. The summed E-state index contributed by atoms with van der Waals surface area (Å²) in [5, 5.41) is 24.3. The van der Waals surface area contributed by atoms with Gasteiger partial charge in [0.15, 0.2) is 0 Å². The molecule has 3 atom stereocenters. The van der Waals surface area contributed by atoms with Crippen molar-refractivity contribution < 1.29 is 24.6 Å². The number of nitrogens with one attached hydrogen (secondary N) is 2. The molecule has 0 bridgehead atoms. The predicted octanol–water partition coefficient (Wildman–Crippen LogP) is 1.61. The van der Waals surface area contributed by atoms with Crippen molar-refractivity contribution in [3.05, 3.63) is 65.7 Å². The molecule has 2 aromatic rings. The second kappa shape index (κ2) is 11.9. The van der Waals surface area contributed by atoms with Crippen molar-refractivity contribution in [2.75, 3.05) is 0 Å². The summed E-state index contributed by atoms with van der Waals surface area (Å²) in [7, 11) is 0. The average Bonchev–Trinajstić information content (AvgIpc) is 2.74. The number of hydrogen-bond acceptors (Lipinski definition) is 5. The number of benzene rings is 2. The van der Waals surface area contributed by atoms with E-state index in [4.69, 9.17) is 5.73 Å². The first-order chi connectivity index (χ1) is 15.2. The van der Waals surface area contributed by atoms with Crippen LogP contribution in [0.5, 0.6) is 5.75 Å². The molecule has 0 aromatic heterocycles. The van der Waals surface area contributed by atoms with Crippen LogP contribution in [0, 0.1) is 5.92 Å². The molecule has 172 valence electrons. The van der Waals surface area contributed by atoms with Crippen molar-refractivity contribution in [1.29, 1.82) is 0 Å². The summed E-state index contributed by atoms with van der Waals surface area (Å²) in [6.45, 7) is 3.88. The fourth-order valence-corrected chi connectivity index (χ4v) is 3.29. The molecular weight excluding hydrogens is 410 g/mol. The van der Waals surface area contributed by atoms with E-state index < -0.39 is 35.9 Å². The van der Waals surface area contributed by atoms with Gasteiger partial charge in [0.2, 0.25) is 11.8 Å². The Morgan fingerprint density at radius 2 is 1.38 bits per heavy atom. The first kappa shape index (κ1) is 24.9. The SMILES string of the molecule is CC(C)CC(N)C(=O)NC(Cc1ccc(O)cc1)C(=O)NC(Cc1ccccc1)C(=O)O. The van der Waals surface area contributed by atoms with Crippen molar-refractivity contribution in [1.82, 2.24) is 10.6 Å². The topological polar surface area (TPSA) is 142 Å². The van der Waals surface area contributed by atoms with Crippen molar-refractivity contribution >= 4 is 17.8 Å². The van der Waals surface area contributed by atoms with Crippen molar-refractivity contribution in [2.45, 2.75) is 51.2 Å². The lowest BCUT2D eigenvalue weighted by Gasteiger charge is -2.23. The second-order valence-corrected chi connectivity index (χ2v) is 8.26. The highest BCUT2D eigenvalue weighted by Gasteiger charge is 2.28. The Morgan fingerprint density at radius 1 is 0.844 bits per heavy atom. The number of nitrogens with two attached hydrogens (primary N) is 1. The molecule has 0 aliphatic rings. The molecule has 0 aliphatic heterocycles. The van der Waals surface area contributed by atoms with Crippen LogP contribution in [0.3, 0.4) is 0 Å². The lowest BCUT2D eigenvalue weighted by Crippen LogP contribution is -2.55. The van der Waals surface area contributed by atoms with Crippen LogP contribution < -0.4 is 16.4 Å². The molecule has 2 aromatic carbocycles. The highest BCUT2D eigenvalue weighted by molar-refractivity contribution is 5.92. The third-order valence-corrected chi connectivity index (χ3v) is 4.97. The summed E-state index contributed by atoms with van der Waals surface area (Å²) >= 11 is 0. The molecule has 0 heterocycles. The zero-order valence-corrected chi connectivity index (χ0v) is 18.3. The standard InChI is InChI=1S/C24H31N3O5/c1-15(2)12-19(25)22(29)26-20(13-17-8-10-18(28)11-9-17)23(30)27-21(24(31)32)14-16-6-4-3-5-7-16/h3-11,15,19-21,28H,12-14,25H2,1-2H3,(H,26,29)(H,27,30)(H,31,32). The number of hydrogen-bond donors (Lipinski definition) is 5. The molecule has 3 unspecified atom stereocenters. The van der Waals surface area contributed by atoms with Gasteiger partial charge >= 0.3 is 5.97 Å². The fraction of sp³-hybridized carbons (Fsp3) is 0.375. The van der Waals surface area contributed by atoms with E-state index in [1.165, 1.54) is 12.1 Å². The Labute approximate surface area is 187 Å². The molecule has 0 radical (unpaired) electrons. The van der Waals surface area contributed by atoms with Crippen LogP contribution in [0.2, 0.25) is 0 Å². The van der Waals surface area contributed by atoms with Gasteiger partial charge in [-0.15, -0.1) is 0 Å². The van der Waals surface area contributed by atoms with Crippen LogP contribution in [0.1, 0.15) is 31.4 Å². The molecule has 6 N–H and O–H groups in total. The van der Waals surface area contributed by atoms with E-state index in [9.17, 15) is 24.6 Å². The zero-order valence-electron chi connectivity index (χ0n) is 18.3. The smallest absolute Gasteiger partial charge is 0.326 e. The summed E-state index contributed by atoms with van der Waals surface area (Å²) in [5.41, 5.74) is 7.41. The number of carbonyl (C=O) groups is 3. The number of phenolic OH excluding ortho intramolecular Hbond substituents is 1. The van der Waals surface area contributed by atoms with Gasteiger partial charge in [-0.05, 0) is 35.6 Å². The molecule has 2 amide bonds. The van der Waals surface area contributed by atoms with Gasteiger partial charge in [0, 0.05) is 12.8 Å². The van der Waals surface area contributed by atoms with E-state index in [0.717, 1.165) is 5.56 Å². The van der Waals surface area contributed by atoms with Gasteiger partial charge < -0.3 is 26.6 Å². The Hall–Kier alpha value is -3.39. The first-order valence-corrected chi connectivity index (χ1v) is 10.6. The quantitative estimate of drug-likeness (QED) is 0.359. The highest BCUT2D eigenvalue weighted by atomic mass is 16.4. The number of phenols is 1. The average molecular weight is 442 g/mol. The van der Waals surface area contributed by atoms with Crippen molar-refractivity contribution in [3.63, 3.8) is 0 Å². The largest absolute Gasteiger partial charge is 0.508 e. The van der Waals surface area contributed by atoms with Crippen LogP contribution in [0.4, 0.5) is 0 Å². The van der Waals surface area contributed by atoms with Gasteiger partial charge in [-0.2, -0.15) is 0 Å². The third kappa shape index (κ3) is 8.03. The van der Waals surface area contributed by atoms with E-state index in [1.807, 2.05) is 19.9 Å². The number of carboxylic acid groups (broad SMARTS) is 1.